The highest BCUT2D eigenvalue weighted by atomic mass is 16.5. The molecule has 0 atom stereocenters. The lowest BCUT2D eigenvalue weighted by atomic mass is 10.3. The molecular formula is C15H13NO2. The summed E-state index contributed by atoms with van der Waals surface area (Å²) in [6.07, 6.45) is 1.70. The minimum atomic E-state index is 0.532. The van der Waals surface area contributed by atoms with Crippen LogP contribution in [0.3, 0.4) is 0 Å². The van der Waals surface area contributed by atoms with E-state index in [1.165, 1.54) is 0 Å². The maximum Gasteiger partial charge on any atom is 0.219 e. The van der Waals surface area contributed by atoms with Crippen LogP contribution in [0.15, 0.2) is 54.8 Å². The lowest BCUT2D eigenvalue weighted by Gasteiger charge is -2.06. The molecule has 1 aromatic heterocycles. The van der Waals surface area contributed by atoms with E-state index in [0.29, 0.717) is 11.6 Å². The van der Waals surface area contributed by atoms with Gasteiger partial charge in [0, 0.05) is 12.1 Å². The van der Waals surface area contributed by atoms with E-state index in [4.69, 9.17) is 9.47 Å². The second kappa shape index (κ2) is 5.71. The third-order valence-corrected chi connectivity index (χ3v) is 2.28. The van der Waals surface area contributed by atoms with E-state index in [1.807, 2.05) is 36.4 Å². The Bertz CT molecular complexity index is 569. The number of aromatic nitrogens is 1. The molecule has 2 rings (SSSR count). The van der Waals surface area contributed by atoms with Crippen LogP contribution < -0.4 is 9.47 Å². The van der Waals surface area contributed by atoms with E-state index in [9.17, 15) is 0 Å². The Kier molecular flexibility index (Phi) is 3.79. The molecular weight excluding hydrogens is 226 g/mol. The number of ether oxygens (including phenoxy) is 2. The summed E-state index contributed by atoms with van der Waals surface area (Å²) in [7, 11) is 1.63. The Balaban J connectivity index is 2.17. The van der Waals surface area contributed by atoms with Gasteiger partial charge in [-0.05, 0) is 30.3 Å². The minimum absolute atomic E-state index is 0.532. The first-order valence-corrected chi connectivity index (χ1v) is 5.46. The zero-order chi connectivity index (χ0) is 12.8. The first-order chi connectivity index (χ1) is 8.81. The maximum atomic E-state index is 5.63. The molecule has 3 nitrogen and oxygen atoms in total. The molecule has 1 heterocycles. The zero-order valence-corrected chi connectivity index (χ0v) is 10.1. The van der Waals surface area contributed by atoms with Crippen LogP contribution in [0.5, 0.6) is 17.4 Å². The molecule has 18 heavy (non-hydrogen) atoms. The van der Waals surface area contributed by atoms with Crippen LogP contribution in [0, 0.1) is 0 Å². The van der Waals surface area contributed by atoms with Crippen molar-refractivity contribution in [2.75, 3.05) is 7.11 Å². The van der Waals surface area contributed by atoms with Crippen LogP contribution in [0.1, 0.15) is 5.69 Å². The molecule has 0 aliphatic carbocycles. The minimum Gasteiger partial charge on any atom is -0.497 e. The van der Waals surface area contributed by atoms with E-state index in [0.717, 1.165) is 11.4 Å². The van der Waals surface area contributed by atoms with Crippen molar-refractivity contribution in [2.24, 2.45) is 0 Å². The van der Waals surface area contributed by atoms with Crippen molar-refractivity contribution in [1.82, 2.24) is 4.98 Å². The summed E-state index contributed by atoms with van der Waals surface area (Å²) in [5.41, 5.74) is 3.44. The summed E-state index contributed by atoms with van der Waals surface area (Å²) in [4.78, 5) is 4.29. The van der Waals surface area contributed by atoms with Gasteiger partial charge in [-0.15, -0.1) is 5.73 Å². The number of rotatable bonds is 4. The quantitative estimate of drug-likeness (QED) is 0.763. The predicted molar refractivity (Wildman–Crippen MR) is 70.9 cm³/mol. The van der Waals surface area contributed by atoms with Gasteiger partial charge in [0.25, 0.3) is 0 Å². The number of methoxy groups -OCH3 is 1. The number of nitrogens with zero attached hydrogens (tertiary/aromatic N) is 1. The summed E-state index contributed by atoms with van der Waals surface area (Å²) in [5, 5.41) is 0. The molecule has 0 spiro atoms. The van der Waals surface area contributed by atoms with Crippen LogP contribution >= 0.6 is 0 Å². The monoisotopic (exact) mass is 239 g/mol. The fourth-order valence-corrected chi connectivity index (χ4v) is 1.44. The van der Waals surface area contributed by atoms with Crippen molar-refractivity contribution in [3.8, 4) is 17.4 Å². The summed E-state index contributed by atoms with van der Waals surface area (Å²) in [5.74, 6) is 2.03. The number of hydrogen-bond donors (Lipinski definition) is 0. The van der Waals surface area contributed by atoms with Crippen molar-refractivity contribution in [3.05, 3.63) is 60.5 Å². The Hall–Kier alpha value is -2.51. The average Bonchev–Trinajstić information content (AvgIpc) is 2.40. The molecule has 0 unspecified atom stereocenters. The molecule has 90 valence electrons. The lowest BCUT2D eigenvalue weighted by Crippen LogP contribution is -1.89. The van der Waals surface area contributed by atoms with Gasteiger partial charge >= 0.3 is 0 Å². The third-order valence-electron chi connectivity index (χ3n) is 2.28. The first kappa shape index (κ1) is 12.0. The lowest BCUT2D eigenvalue weighted by molar-refractivity contribution is 0.412. The molecule has 0 bridgehead atoms. The van der Waals surface area contributed by atoms with Crippen LogP contribution in [0.25, 0.3) is 6.08 Å². The topological polar surface area (TPSA) is 31.4 Å². The van der Waals surface area contributed by atoms with Crippen LogP contribution in [-0.4, -0.2) is 12.1 Å². The van der Waals surface area contributed by atoms with Gasteiger partial charge in [0.2, 0.25) is 5.88 Å². The Morgan fingerprint density at radius 1 is 1.11 bits per heavy atom. The fraction of sp³-hybridized carbons (Fsp3) is 0.0667. The second-order valence-corrected chi connectivity index (χ2v) is 3.53. The summed E-state index contributed by atoms with van der Waals surface area (Å²) in [6, 6.07) is 12.9. The summed E-state index contributed by atoms with van der Waals surface area (Å²) >= 11 is 0. The Morgan fingerprint density at radius 2 is 1.83 bits per heavy atom. The van der Waals surface area contributed by atoms with Crippen LogP contribution in [-0.2, 0) is 0 Å². The third kappa shape index (κ3) is 3.00. The van der Waals surface area contributed by atoms with Gasteiger partial charge in [0.05, 0.1) is 12.8 Å². The molecule has 0 fully saturated rings. The van der Waals surface area contributed by atoms with E-state index >= 15 is 0 Å². The second-order valence-electron chi connectivity index (χ2n) is 3.53. The highest BCUT2D eigenvalue weighted by Gasteiger charge is 1.99. The van der Waals surface area contributed by atoms with E-state index in [1.54, 1.807) is 19.3 Å². The van der Waals surface area contributed by atoms with Gasteiger partial charge in [0.1, 0.15) is 11.5 Å². The van der Waals surface area contributed by atoms with Gasteiger partial charge in [-0.1, -0.05) is 12.6 Å². The highest BCUT2D eigenvalue weighted by Crippen LogP contribution is 2.22. The van der Waals surface area contributed by atoms with Gasteiger partial charge in [-0.3, -0.25) is 0 Å². The van der Waals surface area contributed by atoms with Crippen molar-refractivity contribution in [3.63, 3.8) is 0 Å². The maximum absolute atomic E-state index is 5.63. The molecule has 0 saturated carbocycles. The molecule has 1 aromatic carbocycles. The van der Waals surface area contributed by atoms with Crippen molar-refractivity contribution in [2.45, 2.75) is 0 Å². The number of pyridine rings is 1. The fourth-order valence-electron chi connectivity index (χ4n) is 1.44. The van der Waals surface area contributed by atoms with Crippen molar-refractivity contribution >= 4 is 6.08 Å². The summed E-state index contributed by atoms with van der Waals surface area (Å²) in [6.45, 7) is 3.51. The number of benzene rings is 1. The molecule has 0 radical (unpaired) electrons. The SMILES string of the molecule is C=C=Cc1cccc(Oc2ccc(OC)cc2)n1. The van der Waals surface area contributed by atoms with Gasteiger partial charge in [0.15, 0.2) is 0 Å². The molecule has 0 aliphatic rings. The van der Waals surface area contributed by atoms with Gasteiger partial charge < -0.3 is 9.47 Å². The van der Waals surface area contributed by atoms with E-state index in [-0.39, 0.29) is 0 Å². The zero-order valence-electron chi connectivity index (χ0n) is 10.1. The van der Waals surface area contributed by atoms with Crippen molar-refractivity contribution < 1.29 is 9.47 Å². The van der Waals surface area contributed by atoms with E-state index in [2.05, 4.69) is 17.3 Å². The first-order valence-electron chi connectivity index (χ1n) is 5.46. The molecule has 0 saturated heterocycles. The smallest absolute Gasteiger partial charge is 0.219 e. The highest BCUT2D eigenvalue weighted by molar-refractivity contribution is 5.44. The summed E-state index contributed by atoms with van der Waals surface area (Å²) < 4.78 is 10.7. The standard InChI is InChI=1S/C15H13NO2/c1-3-5-12-6-4-7-15(16-12)18-14-10-8-13(17-2)9-11-14/h4-11H,1H2,2H3. The van der Waals surface area contributed by atoms with Crippen molar-refractivity contribution in [1.29, 1.82) is 0 Å². The normalized spacial score (nSPS) is 9.39. The Labute approximate surface area is 106 Å². The molecule has 3 heteroatoms. The Morgan fingerprint density at radius 3 is 2.50 bits per heavy atom. The molecule has 0 N–H and O–H groups in total. The van der Waals surface area contributed by atoms with E-state index < -0.39 is 0 Å². The average molecular weight is 239 g/mol. The molecule has 0 aliphatic heterocycles. The molecule has 0 amide bonds. The van der Waals surface area contributed by atoms with Crippen LogP contribution in [0.2, 0.25) is 0 Å². The predicted octanol–water partition coefficient (Wildman–Crippen LogP) is 3.68. The number of hydrogen-bond acceptors (Lipinski definition) is 3. The van der Waals surface area contributed by atoms with Crippen LogP contribution in [0.4, 0.5) is 0 Å². The molecule has 2 aromatic rings. The van der Waals surface area contributed by atoms with Gasteiger partial charge in [-0.25, -0.2) is 4.98 Å². The largest absolute Gasteiger partial charge is 0.497 e. The van der Waals surface area contributed by atoms with Gasteiger partial charge in [-0.2, -0.15) is 0 Å².